The van der Waals surface area contributed by atoms with Gasteiger partial charge in [0.15, 0.2) is 11.5 Å². The molecular weight excluding hydrogens is 290 g/mol. The molecule has 0 amide bonds. The molecule has 0 saturated carbocycles. The Morgan fingerprint density at radius 3 is 2.69 bits per heavy atom. The normalized spacial score (nSPS) is 16.2. The van der Waals surface area contributed by atoms with Crippen molar-refractivity contribution >= 4 is 21.9 Å². The number of carbonyl (C=O) groups is 1. The number of halogens is 3. The fourth-order valence-corrected chi connectivity index (χ4v) is 2.14. The Bertz CT molecular complexity index is 487. The molecule has 4 nitrogen and oxygen atoms in total. The van der Waals surface area contributed by atoms with Crippen LogP contribution in [0.1, 0.15) is 15.9 Å². The van der Waals surface area contributed by atoms with E-state index in [-0.39, 0.29) is 27.1 Å². The maximum absolute atomic E-state index is 12.8. The summed E-state index contributed by atoms with van der Waals surface area (Å²) in [5.74, 6) is -1.66. The predicted octanol–water partition coefficient (Wildman–Crippen LogP) is 2.78. The summed E-state index contributed by atoms with van der Waals surface area (Å²) in [6, 6.07) is 1.15. The van der Waals surface area contributed by atoms with Gasteiger partial charge in [-0.1, -0.05) is 0 Å². The molecule has 16 heavy (non-hydrogen) atoms. The Hall–Kier alpha value is -1.37. The Balaban J connectivity index is 2.63. The average molecular weight is 295 g/mol. The van der Waals surface area contributed by atoms with Gasteiger partial charge in [0, 0.05) is 10.0 Å². The van der Waals surface area contributed by atoms with E-state index in [0.717, 1.165) is 6.07 Å². The van der Waals surface area contributed by atoms with Crippen LogP contribution >= 0.6 is 15.9 Å². The lowest BCUT2D eigenvalue weighted by Gasteiger charge is -2.07. The molecule has 0 radical (unpaired) electrons. The molecule has 2 rings (SSSR count). The number of alkyl halides is 2. The van der Waals surface area contributed by atoms with Crippen LogP contribution in [0.15, 0.2) is 10.5 Å². The van der Waals surface area contributed by atoms with Crippen LogP contribution in [-0.2, 0) is 0 Å². The van der Waals surface area contributed by atoms with Crippen LogP contribution < -0.4 is 9.47 Å². The number of aromatic carboxylic acids is 1. The summed E-state index contributed by atoms with van der Waals surface area (Å²) in [5, 5.41) is 8.89. The lowest BCUT2D eigenvalue weighted by molar-refractivity contribution is -0.286. The molecule has 7 heteroatoms. The first kappa shape index (κ1) is 11.1. The summed E-state index contributed by atoms with van der Waals surface area (Å²) in [7, 11) is 0. The van der Waals surface area contributed by atoms with Crippen molar-refractivity contribution < 1.29 is 28.2 Å². The molecule has 1 N–H and O–H groups in total. The second-order valence-corrected chi connectivity index (χ2v) is 4.01. The second-order valence-electron chi connectivity index (χ2n) is 3.16. The first-order valence-electron chi connectivity index (χ1n) is 4.14. The number of fused-ring (bicyclic) bond motifs is 1. The molecule has 0 fully saturated rings. The van der Waals surface area contributed by atoms with Crippen LogP contribution in [-0.4, -0.2) is 17.4 Å². The zero-order valence-corrected chi connectivity index (χ0v) is 9.47. The first-order valence-corrected chi connectivity index (χ1v) is 4.93. The van der Waals surface area contributed by atoms with Crippen LogP contribution in [0.4, 0.5) is 8.78 Å². The molecule has 1 aromatic rings. The minimum atomic E-state index is -3.75. The van der Waals surface area contributed by atoms with Crippen molar-refractivity contribution in [3.63, 3.8) is 0 Å². The van der Waals surface area contributed by atoms with E-state index in [1.807, 2.05) is 0 Å². The lowest BCUT2D eigenvalue weighted by Crippen LogP contribution is -2.26. The van der Waals surface area contributed by atoms with Gasteiger partial charge in [0.25, 0.3) is 0 Å². The summed E-state index contributed by atoms with van der Waals surface area (Å²) < 4.78 is 34.2. The molecule has 0 bridgehead atoms. The second kappa shape index (κ2) is 3.31. The van der Waals surface area contributed by atoms with Crippen LogP contribution in [0.5, 0.6) is 11.5 Å². The number of rotatable bonds is 1. The highest BCUT2D eigenvalue weighted by Gasteiger charge is 2.45. The summed E-state index contributed by atoms with van der Waals surface area (Å²) >= 11 is 2.98. The minimum absolute atomic E-state index is 0.0917. The van der Waals surface area contributed by atoms with Crippen molar-refractivity contribution in [1.82, 2.24) is 0 Å². The number of hydrogen-bond acceptors (Lipinski definition) is 3. The fraction of sp³-hybridized carbons (Fsp3) is 0.222. The van der Waals surface area contributed by atoms with E-state index in [9.17, 15) is 13.6 Å². The quantitative estimate of drug-likeness (QED) is 0.865. The number of hydrogen-bond donors (Lipinski definition) is 1. The highest BCUT2D eigenvalue weighted by Crippen LogP contribution is 2.46. The molecule has 0 atom stereocenters. The molecule has 0 unspecified atom stereocenters. The Morgan fingerprint density at radius 2 is 2.12 bits per heavy atom. The van der Waals surface area contributed by atoms with Crippen molar-refractivity contribution in [2.45, 2.75) is 13.2 Å². The van der Waals surface area contributed by atoms with Crippen molar-refractivity contribution in [2.24, 2.45) is 0 Å². The minimum Gasteiger partial charge on any atom is -0.478 e. The maximum Gasteiger partial charge on any atom is 0.586 e. The Labute approximate surface area is 96.9 Å². The standard InChI is InChI=1S/C9H5BrF2O4/c1-3-6(8(13)14)4(10)2-5-7(3)16-9(11,12)15-5/h2H,1H3,(H,13,14). The monoisotopic (exact) mass is 294 g/mol. The van der Waals surface area contributed by atoms with Gasteiger partial charge in [-0.05, 0) is 28.9 Å². The van der Waals surface area contributed by atoms with Gasteiger partial charge in [0.2, 0.25) is 0 Å². The molecule has 0 aliphatic carbocycles. The van der Waals surface area contributed by atoms with E-state index >= 15 is 0 Å². The maximum atomic E-state index is 12.8. The van der Waals surface area contributed by atoms with Gasteiger partial charge < -0.3 is 14.6 Å². The number of carboxylic acid groups (broad SMARTS) is 1. The molecule has 1 heterocycles. The summed E-state index contributed by atoms with van der Waals surface area (Å²) in [5.41, 5.74) is -0.0332. The van der Waals surface area contributed by atoms with Crippen LogP contribution in [0.2, 0.25) is 0 Å². The highest BCUT2D eigenvalue weighted by atomic mass is 79.9. The van der Waals surface area contributed by atoms with Crippen molar-refractivity contribution in [2.75, 3.05) is 0 Å². The van der Waals surface area contributed by atoms with Gasteiger partial charge in [-0.25, -0.2) is 4.79 Å². The number of ether oxygens (including phenoxy) is 2. The average Bonchev–Trinajstić information content (AvgIpc) is 2.39. The van der Waals surface area contributed by atoms with Crippen molar-refractivity contribution in [1.29, 1.82) is 0 Å². The largest absolute Gasteiger partial charge is 0.586 e. The molecular formula is C9H5BrF2O4. The fourth-order valence-electron chi connectivity index (χ4n) is 1.46. The van der Waals surface area contributed by atoms with Crippen molar-refractivity contribution in [3.05, 3.63) is 21.7 Å². The zero-order valence-electron chi connectivity index (χ0n) is 7.88. The molecule has 0 spiro atoms. The zero-order chi connectivity index (χ0) is 12.1. The van der Waals surface area contributed by atoms with Gasteiger partial charge in [-0.2, -0.15) is 0 Å². The van der Waals surface area contributed by atoms with Gasteiger partial charge in [0.1, 0.15) is 0 Å². The molecule has 0 aromatic heterocycles. The van der Waals surface area contributed by atoms with Crippen LogP contribution in [0.25, 0.3) is 0 Å². The molecule has 0 saturated heterocycles. The third-order valence-electron chi connectivity index (χ3n) is 2.10. The third-order valence-corrected chi connectivity index (χ3v) is 2.72. The molecule has 1 aliphatic rings. The molecule has 1 aliphatic heterocycles. The lowest BCUT2D eigenvalue weighted by atomic mass is 10.1. The Kier molecular flexibility index (Phi) is 2.30. The Morgan fingerprint density at radius 1 is 1.50 bits per heavy atom. The summed E-state index contributed by atoms with van der Waals surface area (Å²) in [6.45, 7) is 1.37. The topological polar surface area (TPSA) is 55.8 Å². The summed E-state index contributed by atoms with van der Waals surface area (Å²) in [4.78, 5) is 10.9. The number of benzene rings is 1. The highest BCUT2D eigenvalue weighted by molar-refractivity contribution is 9.10. The van der Waals surface area contributed by atoms with Gasteiger partial charge in [0.05, 0.1) is 5.56 Å². The van der Waals surface area contributed by atoms with E-state index < -0.39 is 12.3 Å². The van der Waals surface area contributed by atoms with E-state index in [4.69, 9.17) is 5.11 Å². The van der Waals surface area contributed by atoms with E-state index in [1.165, 1.54) is 6.92 Å². The first-order chi connectivity index (χ1) is 7.32. The van der Waals surface area contributed by atoms with Gasteiger partial charge in [-0.3, -0.25) is 0 Å². The molecule has 1 aromatic carbocycles. The van der Waals surface area contributed by atoms with Crippen molar-refractivity contribution in [3.8, 4) is 11.5 Å². The SMILES string of the molecule is Cc1c2c(cc(Br)c1C(=O)O)OC(F)(F)O2. The smallest absolute Gasteiger partial charge is 0.478 e. The van der Waals surface area contributed by atoms with Gasteiger partial charge >= 0.3 is 12.3 Å². The van der Waals surface area contributed by atoms with E-state index in [1.54, 1.807) is 0 Å². The van der Waals surface area contributed by atoms with Gasteiger partial charge in [-0.15, -0.1) is 8.78 Å². The predicted molar refractivity (Wildman–Crippen MR) is 52.0 cm³/mol. The van der Waals surface area contributed by atoms with E-state index in [0.29, 0.717) is 0 Å². The summed E-state index contributed by atoms with van der Waals surface area (Å²) in [6.07, 6.45) is -3.75. The molecule has 86 valence electrons. The van der Waals surface area contributed by atoms with Crippen LogP contribution in [0.3, 0.4) is 0 Å². The third kappa shape index (κ3) is 1.60. The number of carboxylic acids is 1. The van der Waals surface area contributed by atoms with Crippen LogP contribution in [0, 0.1) is 6.92 Å². The van der Waals surface area contributed by atoms with E-state index in [2.05, 4.69) is 25.4 Å².